The third-order valence-electron chi connectivity index (χ3n) is 4.65. The second kappa shape index (κ2) is 12.0. The molecule has 0 aliphatic carbocycles. The van der Waals surface area contributed by atoms with Gasteiger partial charge in [-0.05, 0) is 48.4 Å². The van der Waals surface area contributed by atoms with E-state index in [9.17, 15) is 14.4 Å². The number of carbonyl (C=O) groups excluding carboxylic acids is 3. The SMILES string of the molecule is CC(=O)Oc1cccc(C(=O)NCc2ccccc2NC(=O)CCCOc2ccccc2)c1. The molecule has 0 fully saturated rings. The van der Waals surface area contributed by atoms with Crippen LogP contribution < -0.4 is 20.1 Å². The average Bonchev–Trinajstić information content (AvgIpc) is 2.81. The average molecular weight is 447 g/mol. The highest BCUT2D eigenvalue weighted by molar-refractivity contribution is 5.95. The first kappa shape index (κ1) is 23.5. The van der Waals surface area contributed by atoms with E-state index in [4.69, 9.17) is 9.47 Å². The fourth-order valence-electron chi connectivity index (χ4n) is 3.09. The molecule has 0 saturated carbocycles. The Morgan fingerprint density at radius 2 is 1.58 bits per heavy atom. The fourth-order valence-corrected chi connectivity index (χ4v) is 3.09. The molecule has 0 aliphatic rings. The minimum Gasteiger partial charge on any atom is -0.494 e. The molecule has 33 heavy (non-hydrogen) atoms. The Kier molecular flexibility index (Phi) is 8.59. The zero-order valence-electron chi connectivity index (χ0n) is 18.4. The first-order chi connectivity index (χ1) is 16.0. The maximum atomic E-state index is 12.5. The van der Waals surface area contributed by atoms with Gasteiger partial charge in [0.05, 0.1) is 6.61 Å². The Morgan fingerprint density at radius 3 is 2.36 bits per heavy atom. The van der Waals surface area contributed by atoms with Crippen LogP contribution in [-0.2, 0) is 16.1 Å². The summed E-state index contributed by atoms with van der Waals surface area (Å²) >= 11 is 0. The molecule has 0 aromatic heterocycles. The van der Waals surface area contributed by atoms with Gasteiger partial charge in [0.2, 0.25) is 5.91 Å². The van der Waals surface area contributed by atoms with E-state index < -0.39 is 5.97 Å². The van der Waals surface area contributed by atoms with Gasteiger partial charge in [-0.2, -0.15) is 0 Å². The first-order valence-corrected chi connectivity index (χ1v) is 10.6. The van der Waals surface area contributed by atoms with Crippen LogP contribution in [-0.4, -0.2) is 24.4 Å². The van der Waals surface area contributed by atoms with Crippen molar-refractivity contribution in [1.29, 1.82) is 0 Å². The summed E-state index contributed by atoms with van der Waals surface area (Å²) in [4.78, 5) is 36.0. The first-order valence-electron chi connectivity index (χ1n) is 10.6. The normalized spacial score (nSPS) is 10.2. The summed E-state index contributed by atoms with van der Waals surface area (Å²) < 4.78 is 10.6. The zero-order chi connectivity index (χ0) is 23.5. The summed E-state index contributed by atoms with van der Waals surface area (Å²) in [5.41, 5.74) is 1.78. The van der Waals surface area contributed by atoms with Gasteiger partial charge >= 0.3 is 5.97 Å². The van der Waals surface area contributed by atoms with Crippen molar-refractivity contribution in [2.75, 3.05) is 11.9 Å². The van der Waals surface area contributed by atoms with Crippen LogP contribution in [0.25, 0.3) is 0 Å². The largest absolute Gasteiger partial charge is 0.494 e. The van der Waals surface area contributed by atoms with Gasteiger partial charge < -0.3 is 20.1 Å². The molecule has 0 radical (unpaired) electrons. The van der Waals surface area contributed by atoms with Crippen molar-refractivity contribution < 1.29 is 23.9 Å². The Balaban J connectivity index is 1.50. The van der Waals surface area contributed by atoms with E-state index in [-0.39, 0.29) is 18.4 Å². The Bertz CT molecular complexity index is 1100. The molecule has 7 nitrogen and oxygen atoms in total. The highest BCUT2D eigenvalue weighted by atomic mass is 16.5. The second-order valence-electron chi connectivity index (χ2n) is 7.27. The van der Waals surface area contributed by atoms with Crippen molar-refractivity contribution in [3.8, 4) is 11.5 Å². The molecule has 0 atom stereocenters. The van der Waals surface area contributed by atoms with E-state index in [1.165, 1.54) is 13.0 Å². The van der Waals surface area contributed by atoms with Crippen LogP contribution >= 0.6 is 0 Å². The third-order valence-corrected chi connectivity index (χ3v) is 4.65. The maximum Gasteiger partial charge on any atom is 0.308 e. The van der Waals surface area contributed by atoms with Gasteiger partial charge in [0.25, 0.3) is 5.91 Å². The monoisotopic (exact) mass is 446 g/mol. The number of hydrogen-bond acceptors (Lipinski definition) is 5. The molecule has 0 aliphatic heterocycles. The van der Waals surface area contributed by atoms with Crippen molar-refractivity contribution in [2.24, 2.45) is 0 Å². The quantitative estimate of drug-likeness (QED) is 0.275. The molecular weight excluding hydrogens is 420 g/mol. The predicted octanol–water partition coefficient (Wildman–Crippen LogP) is 4.34. The molecule has 0 bridgehead atoms. The minimum atomic E-state index is -0.455. The molecule has 3 aromatic carbocycles. The molecular formula is C26H26N2O5. The number of ether oxygens (including phenoxy) is 2. The van der Waals surface area contributed by atoms with Crippen LogP contribution in [0, 0.1) is 0 Å². The summed E-state index contributed by atoms with van der Waals surface area (Å²) in [7, 11) is 0. The summed E-state index contributed by atoms with van der Waals surface area (Å²) in [6.07, 6.45) is 0.898. The number of nitrogens with one attached hydrogen (secondary N) is 2. The van der Waals surface area contributed by atoms with Gasteiger partial charge in [-0.1, -0.05) is 42.5 Å². The Hall–Kier alpha value is -4.13. The van der Waals surface area contributed by atoms with Crippen molar-refractivity contribution in [2.45, 2.75) is 26.3 Å². The third kappa shape index (κ3) is 7.81. The fraction of sp³-hybridized carbons (Fsp3) is 0.192. The van der Waals surface area contributed by atoms with Crippen LogP contribution in [0.4, 0.5) is 5.69 Å². The number of para-hydroxylation sites is 2. The van der Waals surface area contributed by atoms with Gasteiger partial charge in [-0.3, -0.25) is 14.4 Å². The van der Waals surface area contributed by atoms with Crippen LogP contribution in [0.5, 0.6) is 11.5 Å². The molecule has 0 heterocycles. The lowest BCUT2D eigenvalue weighted by atomic mass is 10.1. The molecule has 170 valence electrons. The molecule has 3 aromatic rings. The number of rotatable bonds is 10. The highest BCUT2D eigenvalue weighted by Gasteiger charge is 2.11. The van der Waals surface area contributed by atoms with Gasteiger partial charge in [0.15, 0.2) is 0 Å². The van der Waals surface area contributed by atoms with E-state index in [1.54, 1.807) is 24.3 Å². The van der Waals surface area contributed by atoms with Crippen molar-refractivity contribution in [3.05, 3.63) is 90.0 Å². The second-order valence-corrected chi connectivity index (χ2v) is 7.27. The van der Waals surface area contributed by atoms with E-state index >= 15 is 0 Å². The predicted molar refractivity (Wildman–Crippen MR) is 125 cm³/mol. The molecule has 0 spiro atoms. The standard InChI is InChI=1S/C26H26N2O5/c1-19(29)33-23-13-7-10-20(17-23)26(31)27-18-21-9-5-6-14-24(21)28-25(30)15-8-16-32-22-11-3-2-4-12-22/h2-7,9-14,17H,8,15-16,18H2,1H3,(H,27,31)(H,28,30). The number of benzene rings is 3. The van der Waals surface area contributed by atoms with Gasteiger partial charge in [-0.15, -0.1) is 0 Å². The smallest absolute Gasteiger partial charge is 0.308 e. The lowest BCUT2D eigenvalue weighted by Crippen LogP contribution is -2.24. The molecule has 2 amide bonds. The van der Waals surface area contributed by atoms with Crippen LogP contribution in [0.2, 0.25) is 0 Å². The van der Waals surface area contributed by atoms with Gasteiger partial charge in [0, 0.05) is 31.1 Å². The van der Waals surface area contributed by atoms with Crippen molar-refractivity contribution in [1.82, 2.24) is 5.32 Å². The number of hydrogen-bond donors (Lipinski definition) is 2. The van der Waals surface area contributed by atoms with Gasteiger partial charge in [-0.25, -0.2) is 0 Å². The van der Waals surface area contributed by atoms with Crippen LogP contribution in [0.1, 0.15) is 35.7 Å². The topological polar surface area (TPSA) is 93.7 Å². The molecule has 7 heteroatoms. The summed E-state index contributed by atoms with van der Waals surface area (Å²) in [6.45, 7) is 1.97. The molecule has 2 N–H and O–H groups in total. The van der Waals surface area contributed by atoms with E-state index in [1.807, 2.05) is 48.5 Å². The maximum absolute atomic E-state index is 12.5. The summed E-state index contributed by atoms with van der Waals surface area (Å²) in [5, 5.41) is 5.73. The van der Waals surface area contributed by atoms with Crippen molar-refractivity contribution in [3.63, 3.8) is 0 Å². The summed E-state index contributed by atoms with van der Waals surface area (Å²) in [5.74, 6) is 0.183. The van der Waals surface area contributed by atoms with Crippen LogP contribution in [0.3, 0.4) is 0 Å². The molecule has 3 rings (SSSR count). The number of esters is 1. The molecule has 0 unspecified atom stereocenters. The lowest BCUT2D eigenvalue weighted by Gasteiger charge is -2.12. The van der Waals surface area contributed by atoms with Gasteiger partial charge in [0.1, 0.15) is 11.5 Å². The van der Waals surface area contributed by atoms with E-state index in [0.29, 0.717) is 36.4 Å². The summed E-state index contributed by atoms with van der Waals surface area (Å²) in [6, 6.07) is 23.1. The minimum absolute atomic E-state index is 0.125. The Labute approximate surface area is 192 Å². The lowest BCUT2D eigenvalue weighted by molar-refractivity contribution is -0.131. The van der Waals surface area contributed by atoms with Crippen LogP contribution in [0.15, 0.2) is 78.9 Å². The molecule has 0 saturated heterocycles. The van der Waals surface area contributed by atoms with E-state index in [0.717, 1.165) is 11.3 Å². The number of anilines is 1. The Morgan fingerprint density at radius 1 is 0.848 bits per heavy atom. The van der Waals surface area contributed by atoms with Crippen molar-refractivity contribution >= 4 is 23.5 Å². The van der Waals surface area contributed by atoms with E-state index in [2.05, 4.69) is 10.6 Å². The number of carbonyl (C=O) groups is 3. The zero-order valence-corrected chi connectivity index (χ0v) is 18.4. The number of amides is 2. The highest BCUT2D eigenvalue weighted by Crippen LogP contribution is 2.17.